The average molecular weight is 1640 g/mol. The van der Waals surface area contributed by atoms with Crippen LogP contribution in [0.2, 0.25) is 0 Å². The van der Waals surface area contributed by atoms with E-state index in [0.29, 0.717) is 43.6 Å². The molecule has 622 valence electrons. The number of hydrogen-bond donors (Lipinski definition) is 4. The van der Waals surface area contributed by atoms with Crippen molar-refractivity contribution < 1.29 is 26.4 Å². The number of carbonyl (C=O) groups excluding carboxylic acids is 2. The van der Waals surface area contributed by atoms with Crippen molar-refractivity contribution in [2.24, 2.45) is 32.5 Å². The number of allylic oxidation sites excluding steroid dienone is 2. The summed E-state index contributed by atoms with van der Waals surface area (Å²) in [6.45, 7) is 37.0. The van der Waals surface area contributed by atoms with Crippen LogP contribution in [0.4, 0.5) is 22.7 Å². The quantitative estimate of drug-likeness (QED) is 0.0219. The van der Waals surface area contributed by atoms with Crippen LogP contribution in [-0.4, -0.2) is 178 Å². The van der Waals surface area contributed by atoms with Gasteiger partial charge in [0, 0.05) is 133 Å². The van der Waals surface area contributed by atoms with Crippen molar-refractivity contribution in [3.8, 4) is 0 Å². The highest BCUT2D eigenvalue weighted by molar-refractivity contribution is 7.99. The Kier molecular flexibility index (Phi) is 27.4. The third-order valence-electron chi connectivity index (χ3n) is 26.9. The number of hydrogen-bond acceptors (Lipinski definition) is 16. The lowest BCUT2D eigenvalue weighted by molar-refractivity contribution is -0.182. The van der Waals surface area contributed by atoms with E-state index in [-0.39, 0.29) is 21.9 Å². The summed E-state index contributed by atoms with van der Waals surface area (Å²) in [5, 5.41) is 7.38. The maximum atomic E-state index is 13.5. The number of rotatable bonds is 35. The molecule has 6 aromatic rings. The van der Waals surface area contributed by atoms with Gasteiger partial charge < -0.3 is 30.2 Å². The lowest BCUT2D eigenvalue weighted by Crippen LogP contribution is -2.63. The Bertz CT molecular complexity index is 4610. The van der Waals surface area contributed by atoms with Crippen molar-refractivity contribution in [3.63, 3.8) is 0 Å². The van der Waals surface area contributed by atoms with Gasteiger partial charge in [-0.3, -0.25) is 19.4 Å². The molecule has 16 rings (SSSR count). The van der Waals surface area contributed by atoms with Gasteiger partial charge >= 0.3 is 0 Å². The Morgan fingerprint density at radius 3 is 1.20 bits per heavy atom. The van der Waals surface area contributed by atoms with Crippen molar-refractivity contribution in [1.82, 2.24) is 29.0 Å². The maximum Gasteiger partial charge on any atom is 0.264 e. The second-order valence-corrected chi connectivity index (χ2v) is 43.2. The van der Waals surface area contributed by atoms with Crippen LogP contribution >= 0.6 is 23.5 Å². The molecule has 0 unspecified atom stereocenters. The van der Waals surface area contributed by atoms with E-state index < -0.39 is 31.9 Å². The molecule has 6 aromatic carbocycles. The van der Waals surface area contributed by atoms with E-state index in [9.17, 15) is 26.4 Å². The Morgan fingerprint density at radius 2 is 0.852 bits per heavy atom. The van der Waals surface area contributed by atoms with Crippen molar-refractivity contribution in [2.75, 3.05) is 138 Å². The SMILES string of the molecule is CCCN(C)CC[C@H](CSc1ccccc1)Nc1ccc(S(=O)(=O)NC(=O)c2ccc(N3CCN(CC4=C(C56CC(C)(C5)C6)CC(C)(C)CC4)CC3)cc2)cc1C.CCCN(C)CC[C@H](CSc1ccccc1)Nc1ccc(S(=O)(=O)NC(=O)c2ccc(N3CCN(CC4=C(C56CC(CC)(C5)C6)CC(C)(C)CC4)CC3)cc2)cc1C. The fraction of sp³-hybridized carbons (Fsp3) is 0.558. The van der Waals surface area contributed by atoms with Crippen molar-refractivity contribution in [2.45, 2.75) is 210 Å². The summed E-state index contributed by atoms with van der Waals surface area (Å²) in [4.78, 5) is 43.9. The van der Waals surface area contributed by atoms with E-state index in [4.69, 9.17) is 0 Å². The van der Waals surface area contributed by atoms with Gasteiger partial charge in [0.15, 0.2) is 0 Å². The molecule has 6 saturated carbocycles. The minimum Gasteiger partial charge on any atom is -0.381 e. The zero-order valence-electron chi connectivity index (χ0n) is 71.1. The third-order valence-corrected chi connectivity index (χ3v) is 31.9. The van der Waals surface area contributed by atoms with Crippen molar-refractivity contribution >= 4 is 78.1 Å². The second-order valence-electron chi connectivity index (χ2n) is 37.7. The topological polar surface area (TPSA) is 170 Å². The molecule has 2 saturated heterocycles. The number of sulfonamides is 2. The minimum absolute atomic E-state index is 0.0737. The van der Waals surface area contributed by atoms with Crippen LogP contribution in [0.5, 0.6) is 0 Å². The van der Waals surface area contributed by atoms with E-state index in [0.717, 1.165) is 163 Å². The van der Waals surface area contributed by atoms with Gasteiger partial charge in [-0.15, -0.1) is 23.5 Å². The third kappa shape index (κ3) is 21.3. The molecular weight excluding hydrogens is 1510 g/mol. The van der Waals surface area contributed by atoms with E-state index in [1.807, 2.05) is 97.0 Å². The smallest absolute Gasteiger partial charge is 0.264 e. The summed E-state index contributed by atoms with van der Waals surface area (Å²) in [7, 11) is -3.84. The summed E-state index contributed by atoms with van der Waals surface area (Å²) in [6, 6.07) is 46.0. The zero-order valence-corrected chi connectivity index (χ0v) is 74.4. The summed E-state index contributed by atoms with van der Waals surface area (Å²) >= 11 is 3.64. The van der Waals surface area contributed by atoms with Crippen LogP contribution in [0, 0.1) is 46.3 Å². The molecule has 10 aliphatic rings. The maximum absolute atomic E-state index is 13.5. The van der Waals surface area contributed by atoms with Crippen molar-refractivity contribution in [3.05, 3.63) is 190 Å². The van der Waals surface area contributed by atoms with Crippen LogP contribution in [0.25, 0.3) is 0 Å². The number of anilines is 4. The first kappa shape index (κ1) is 86.2. The number of nitrogens with one attached hydrogen (secondary N) is 4. The highest BCUT2D eigenvalue weighted by atomic mass is 32.2. The highest BCUT2D eigenvalue weighted by Crippen LogP contribution is 2.79. The van der Waals surface area contributed by atoms with E-state index >= 15 is 0 Å². The van der Waals surface area contributed by atoms with E-state index in [1.54, 1.807) is 59.7 Å². The Labute approximate surface area is 699 Å². The van der Waals surface area contributed by atoms with Gasteiger partial charge in [-0.2, -0.15) is 0 Å². The normalized spacial score (nSPS) is 23.7. The first-order valence-corrected chi connectivity index (χ1v) is 48.0. The van der Waals surface area contributed by atoms with Gasteiger partial charge in [0.1, 0.15) is 0 Å². The van der Waals surface area contributed by atoms with Crippen LogP contribution in [-0.2, 0) is 20.0 Å². The van der Waals surface area contributed by atoms with Crippen LogP contribution in [0.15, 0.2) is 187 Å². The molecule has 115 heavy (non-hydrogen) atoms. The number of carbonyl (C=O) groups is 2. The molecule has 2 amide bonds. The first-order chi connectivity index (χ1) is 54.9. The summed E-state index contributed by atoms with van der Waals surface area (Å²) in [5.74, 6) is 0.510. The standard InChI is InChI=1S/C48H67N5O3S2.C47H65N5O3S2/c1-7-23-51(6)24-21-39(32-57-41-12-10-9-11-13-41)49-44-19-18-42(29-36(44)3)58(55,56)50-45(54)37-14-16-40(17-15-37)53-27-25-52(26-28-53)31-38-20-22-46(4,5)30-43(38)48-33-47(8-2,34-48)35-48;1-7-22-50(6)23-20-38(31-56-40-11-9-8-10-12-40)48-43-18-17-41(28-35(43)2)57(54,55)49-44(53)36-13-15-39(16-14-36)52-26-24-51(25-27-52)30-37-19-21-45(3,4)29-42(37)47-32-46(5,33-47)34-47/h9-19,29,39,49H,7-8,20-28,30-35H2,1-6H3,(H,50,54);8-18,28,38,48H,7,19-27,29-34H2,1-6H3,(H,49,53)/t39-,47?,48?;38-,46?,47?/m11/s1. The largest absolute Gasteiger partial charge is 0.381 e. The lowest BCUT2D eigenvalue weighted by atomic mass is 9.31. The molecule has 0 aromatic heterocycles. The van der Waals surface area contributed by atoms with Crippen LogP contribution in [0.1, 0.15) is 196 Å². The van der Waals surface area contributed by atoms with Gasteiger partial charge in [0.25, 0.3) is 31.9 Å². The summed E-state index contributed by atoms with van der Waals surface area (Å²) < 4.78 is 58.5. The molecule has 0 spiro atoms. The molecule has 16 nitrogen and oxygen atoms in total. The molecule has 20 heteroatoms. The number of amides is 2. The van der Waals surface area contributed by atoms with E-state index in [1.165, 1.54) is 93.3 Å². The summed E-state index contributed by atoms with van der Waals surface area (Å²) in [5.41, 5.74) is 16.5. The van der Waals surface area contributed by atoms with Gasteiger partial charge in [0.2, 0.25) is 0 Å². The molecule has 2 heterocycles. The summed E-state index contributed by atoms with van der Waals surface area (Å²) in [6.07, 6.45) is 21.6. The van der Waals surface area contributed by atoms with Gasteiger partial charge in [0.05, 0.1) is 9.79 Å². The predicted octanol–water partition coefficient (Wildman–Crippen LogP) is 18.9. The molecule has 4 bridgehead atoms. The highest BCUT2D eigenvalue weighted by Gasteiger charge is 2.69. The molecule has 2 aliphatic heterocycles. The fourth-order valence-electron chi connectivity index (χ4n) is 20.4. The number of piperazine rings is 2. The Hall–Kier alpha value is -6.62. The first-order valence-electron chi connectivity index (χ1n) is 43.0. The molecular formula is C95H132N10O6S4. The number of thioether (sulfide) groups is 2. The number of nitrogens with zero attached hydrogens (tertiary/aromatic N) is 6. The van der Waals surface area contributed by atoms with Gasteiger partial charge in [-0.05, 0) is 310 Å². The molecule has 4 N–H and O–H groups in total. The van der Waals surface area contributed by atoms with Gasteiger partial charge in [-0.1, -0.05) is 121 Å². The average Bonchev–Trinajstić information content (AvgIpc) is 0.674. The Morgan fingerprint density at radius 1 is 0.478 bits per heavy atom. The predicted molar refractivity (Wildman–Crippen MR) is 479 cm³/mol. The monoisotopic (exact) mass is 1640 g/mol. The van der Waals surface area contributed by atoms with Crippen molar-refractivity contribution in [1.29, 1.82) is 0 Å². The molecule has 8 aliphatic carbocycles. The zero-order chi connectivity index (χ0) is 81.6. The molecule has 8 fully saturated rings. The van der Waals surface area contributed by atoms with Crippen LogP contribution in [0.3, 0.4) is 0 Å². The number of aryl methyl sites for hydroxylation is 2. The molecule has 2 atom stereocenters. The number of benzene rings is 6. The van der Waals surface area contributed by atoms with Crippen LogP contribution < -0.4 is 29.9 Å². The molecule has 0 radical (unpaired) electrons. The van der Waals surface area contributed by atoms with Gasteiger partial charge in [-0.25, -0.2) is 26.3 Å². The fourth-order valence-corrected chi connectivity index (χ4v) is 24.5. The minimum atomic E-state index is -4.08. The Balaban J connectivity index is 0.000000200. The second kappa shape index (κ2) is 36.5. The lowest BCUT2D eigenvalue weighted by Gasteiger charge is -2.73. The van der Waals surface area contributed by atoms with E-state index in [2.05, 4.69) is 167 Å².